The van der Waals surface area contributed by atoms with E-state index in [0.717, 1.165) is 48.4 Å². The molecule has 0 radical (unpaired) electrons. The van der Waals surface area contributed by atoms with Crippen LogP contribution in [0.25, 0.3) is 10.9 Å². The third-order valence-corrected chi connectivity index (χ3v) is 5.20. The fourth-order valence-corrected chi connectivity index (χ4v) is 3.54. The minimum absolute atomic E-state index is 0.0744. The standard InChI is InChI=1S/C23H26N4O2/c1-27(16-19-11-9-17-6-2-3-8-21(17)26-19)23(28)18-10-12-22(24-14-18)25-15-20-7-4-5-13-29-20/h2-3,6,8-12,14,20H,4-5,7,13,15-16H2,1H3,(H,24,25)/t20-/m0/s1. The molecule has 4 rings (SSSR count). The van der Waals surface area contributed by atoms with E-state index in [-0.39, 0.29) is 12.0 Å². The highest BCUT2D eigenvalue weighted by Crippen LogP contribution is 2.15. The van der Waals surface area contributed by atoms with Crippen molar-refractivity contribution in [1.29, 1.82) is 0 Å². The van der Waals surface area contributed by atoms with Crippen LogP contribution in [0.4, 0.5) is 5.82 Å². The number of carbonyl (C=O) groups is 1. The molecular formula is C23H26N4O2. The molecule has 0 bridgehead atoms. The highest BCUT2D eigenvalue weighted by molar-refractivity contribution is 5.93. The van der Waals surface area contributed by atoms with Crippen molar-refractivity contribution in [2.75, 3.05) is 25.5 Å². The molecular weight excluding hydrogens is 364 g/mol. The number of anilines is 1. The molecule has 0 aliphatic carbocycles. The van der Waals surface area contributed by atoms with E-state index in [4.69, 9.17) is 4.74 Å². The molecule has 1 aliphatic heterocycles. The summed E-state index contributed by atoms with van der Waals surface area (Å²) >= 11 is 0. The zero-order valence-electron chi connectivity index (χ0n) is 16.7. The van der Waals surface area contributed by atoms with Crippen molar-refractivity contribution < 1.29 is 9.53 Å². The molecule has 1 saturated heterocycles. The van der Waals surface area contributed by atoms with E-state index >= 15 is 0 Å². The first kappa shape index (κ1) is 19.3. The predicted octanol–water partition coefficient (Wildman–Crippen LogP) is 3.88. The number of hydrogen-bond acceptors (Lipinski definition) is 5. The van der Waals surface area contributed by atoms with Crippen LogP contribution in [0.2, 0.25) is 0 Å². The highest BCUT2D eigenvalue weighted by atomic mass is 16.5. The summed E-state index contributed by atoms with van der Waals surface area (Å²) in [5.74, 6) is 0.684. The van der Waals surface area contributed by atoms with Gasteiger partial charge < -0.3 is 15.0 Å². The fraction of sp³-hybridized carbons (Fsp3) is 0.348. The first-order valence-electron chi connectivity index (χ1n) is 10.1. The third kappa shape index (κ3) is 4.90. The second-order valence-corrected chi connectivity index (χ2v) is 7.46. The molecule has 1 aromatic carbocycles. The number of nitrogens with one attached hydrogen (secondary N) is 1. The van der Waals surface area contributed by atoms with Crippen LogP contribution < -0.4 is 5.32 Å². The SMILES string of the molecule is CN(Cc1ccc2ccccc2n1)C(=O)c1ccc(NC[C@@H]2CCCCO2)nc1. The van der Waals surface area contributed by atoms with Gasteiger partial charge in [-0.25, -0.2) is 4.98 Å². The Morgan fingerprint density at radius 2 is 2.07 bits per heavy atom. The molecule has 6 nitrogen and oxygen atoms in total. The average Bonchev–Trinajstić information content (AvgIpc) is 2.78. The topological polar surface area (TPSA) is 67.4 Å². The number of amides is 1. The summed E-state index contributed by atoms with van der Waals surface area (Å²) in [5.41, 5.74) is 2.36. The van der Waals surface area contributed by atoms with Crippen molar-refractivity contribution in [2.45, 2.75) is 31.9 Å². The Morgan fingerprint density at radius 1 is 1.17 bits per heavy atom. The minimum Gasteiger partial charge on any atom is -0.376 e. The molecule has 3 heterocycles. The van der Waals surface area contributed by atoms with E-state index in [2.05, 4.69) is 15.3 Å². The Morgan fingerprint density at radius 3 is 2.86 bits per heavy atom. The highest BCUT2D eigenvalue weighted by Gasteiger charge is 2.15. The molecule has 6 heteroatoms. The molecule has 1 amide bonds. The molecule has 3 aromatic rings. The lowest BCUT2D eigenvalue weighted by Crippen LogP contribution is -2.28. The minimum atomic E-state index is -0.0744. The number of aromatic nitrogens is 2. The Balaban J connectivity index is 1.35. The van der Waals surface area contributed by atoms with E-state index in [1.807, 2.05) is 48.5 Å². The lowest BCUT2D eigenvalue weighted by molar-refractivity contribution is 0.0247. The summed E-state index contributed by atoms with van der Waals surface area (Å²) in [7, 11) is 1.78. The van der Waals surface area contributed by atoms with Gasteiger partial charge in [0.25, 0.3) is 5.91 Å². The number of ether oxygens (including phenoxy) is 1. The molecule has 1 aliphatic rings. The van der Waals surface area contributed by atoms with E-state index < -0.39 is 0 Å². The number of para-hydroxylation sites is 1. The van der Waals surface area contributed by atoms with E-state index in [0.29, 0.717) is 12.1 Å². The number of benzene rings is 1. The maximum absolute atomic E-state index is 12.7. The van der Waals surface area contributed by atoms with Crippen LogP contribution in [0.3, 0.4) is 0 Å². The van der Waals surface area contributed by atoms with Crippen molar-refractivity contribution in [2.24, 2.45) is 0 Å². The van der Waals surface area contributed by atoms with Crippen molar-refractivity contribution in [3.63, 3.8) is 0 Å². The zero-order valence-corrected chi connectivity index (χ0v) is 16.7. The van der Waals surface area contributed by atoms with Gasteiger partial charge in [-0.2, -0.15) is 0 Å². The zero-order chi connectivity index (χ0) is 20.1. The molecule has 1 atom stereocenters. The van der Waals surface area contributed by atoms with Crippen LogP contribution in [0.15, 0.2) is 54.7 Å². The molecule has 1 fully saturated rings. The van der Waals surface area contributed by atoms with Crippen LogP contribution in [0.5, 0.6) is 0 Å². The van der Waals surface area contributed by atoms with Crippen molar-refractivity contribution >= 4 is 22.6 Å². The van der Waals surface area contributed by atoms with E-state index in [1.165, 1.54) is 6.42 Å². The van der Waals surface area contributed by atoms with Crippen LogP contribution >= 0.6 is 0 Å². The second kappa shape index (κ2) is 9.01. The van der Waals surface area contributed by atoms with Gasteiger partial charge in [-0.3, -0.25) is 9.78 Å². The number of hydrogen-bond donors (Lipinski definition) is 1. The molecule has 1 N–H and O–H groups in total. The Kier molecular flexibility index (Phi) is 6.00. The Bertz CT molecular complexity index is 968. The largest absolute Gasteiger partial charge is 0.376 e. The Hall–Kier alpha value is -2.99. The Labute approximate surface area is 170 Å². The predicted molar refractivity (Wildman–Crippen MR) is 114 cm³/mol. The number of rotatable bonds is 6. The maximum Gasteiger partial charge on any atom is 0.255 e. The summed E-state index contributed by atoms with van der Waals surface area (Å²) in [6, 6.07) is 15.6. The summed E-state index contributed by atoms with van der Waals surface area (Å²) < 4.78 is 5.72. The van der Waals surface area contributed by atoms with Crippen molar-refractivity contribution in [1.82, 2.24) is 14.9 Å². The fourth-order valence-electron chi connectivity index (χ4n) is 3.54. The van der Waals surface area contributed by atoms with Gasteiger partial charge in [0.2, 0.25) is 0 Å². The van der Waals surface area contributed by atoms with Crippen LogP contribution in [-0.2, 0) is 11.3 Å². The molecule has 150 valence electrons. The normalized spacial score (nSPS) is 16.5. The molecule has 0 saturated carbocycles. The van der Waals surface area contributed by atoms with Crippen molar-refractivity contribution in [3.05, 3.63) is 66.0 Å². The number of carbonyl (C=O) groups excluding carboxylic acids is 1. The van der Waals surface area contributed by atoms with Crippen molar-refractivity contribution in [3.8, 4) is 0 Å². The smallest absolute Gasteiger partial charge is 0.255 e. The van der Waals surface area contributed by atoms with Gasteiger partial charge in [0.1, 0.15) is 5.82 Å². The van der Waals surface area contributed by atoms with Gasteiger partial charge in [-0.1, -0.05) is 24.3 Å². The monoisotopic (exact) mass is 390 g/mol. The lowest BCUT2D eigenvalue weighted by atomic mass is 10.1. The van der Waals surface area contributed by atoms with Gasteiger partial charge in [-0.15, -0.1) is 0 Å². The van der Waals surface area contributed by atoms with Crippen LogP contribution in [0, 0.1) is 0 Å². The summed E-state index contributed by atoms with van der Waals surface area (Å²) in [6.45, 7) is 2.03. The van der Waals surface area contributed by atoms with Crippen LogP contribution in [-0.4, -0.2) is 47.1 Å². The maximum atomic E-state index is 12.7. The van der Waals surface area contributed by atoms with Gasteiger partial charge in [0, 0.05) is 31.8 Å². The first-order chi connectivity index (χ1) is 14.2. The van der Waals surface area contributed by atoms with Crippen LogP contribution in [0.1, 0.15) is 35.3 Å². The van der Waals surface area contributed by atoms with Gasteiger partial charge in [0.05, 0.1) is 29.4 Å². The summed E-state index contributed by atoms with van der Waals surface area (Å²) in [4.78, 5) is 23.4. The van der Waals surface area contributed by atoms with Gasteiger partial charge in [0.15, 0.2) is 0 Å². The molecule has 0 spiro atoms. The summed E-state index contributed by atoms with van der Waals surface area (Å²) in [5, 5.41) is 4.39. The molecule has 0 unspecified atom stereocenters. The van der Waals surface area contributed by atoms with Gasteiger partial charge >= 0.3 is 0 Å². The number of pyridine rings is 2. The number of fused-ring (bicyclic) bond motifs is 1. The summed E-state index contributed by atoms with van der Waals surface area (Å²) in [6.07, 6.45) is 5.31. The third-order valence-electron chi connectivity index (χ3n) is 5.20. The number of nitrogens with zero attached hydrogens (tertiary/aromatic N) is 3. The van der Waals surface area contributed by atoms with E-state index in [9.17, 15) is 4.79 Å². The quantitative estimate of drug-likeness (QED) is 0.692. The molecule has 2 aromatic heterocycles. The van der Waals surface area contributed by atoms with Gasteiger partial charge in [-0.05, 0) is 43.5 Å². The second-order valence-electron chi connectivity index (χ2n) is 7.46. The van der Waals surface area contributed by atoms with E-state index in [1.54, 1.807) is 18.1 Å². The first-order valence-corrected chi connectivity index (χ1v) is 10.1. The average molecular weight is 390 g/mol. The molecule has 29 heavy (non-hydrogen) atoms. The lowest BCUT2D eigenvalue weighted by Gasteiger charge is -2.23.